The van der Waals surface area contributed by atoms with E-state index in [0.29, 0.717) is 18.5 Å². The van der Waals surface area contributed by atoms with E-state index < -0.39 is 12.2 Å². The van der Waals surface area contributed by atoms with Crippen molar-refractivity contribution in [2.24, 2.45) is 0 Å². The zero-order valence-corrected chi connectivity index (χ0v) is 9.12. The summed E-state index contributed by atoms with van der Waals surface area (Å²) in [6.45, 7) is 2.48. The van der Waals surface area contributed by atoms with Crippen molar-refractivity contribution in [3.63, 3.8) is 0 Å². The Morgan fingerprint density at radius 3 is 2.50 bits per heavy atom. The lowest BCUT2D eigenvalue weighted by molar-refractivity contribution is -0.166. The van der Waals surface area contributed by atoms with Gasteiger partial charge in [-0.15, -0.1) is 5.10 Å². The molecule has 0 bridgehead atoms. The highest BCUT2D eigenvalue weighted by Gasteiger charge is 2.39. The Balaban J connectivity index is 3.08. The fraction of sp³-hybridized carbons (Fsp3) is 0.778. The van der Waals surface area contributed by atoms with E-state index in [9.17, 15) is 13.2 Å². The first-order chi connectivity index (χ1) is 7.41. The number of aromatic nitrogens is 3. The van der Waals surface area contributed by atoms with Crippen molar-refractivity contribution in [3.8, 4) is 0 Å². The van der Waals surface area contributed by atoms with Gasteiger partial charge in [0.1, 0.15) is 11.7 Å². The van der Waals surface area contributed by atoms with Crippen molar-refractivity contribution in [3.05, 3.63) is 11.4 Å². The first-order valence-electron chi connectivity index (χ1n) is 5.02. The highest BCUT2D eigenvalue weighted by atomic mass is 19.4. The van der Waals surface area contributed by atoms with E-state index in [-0.39, 0.29) is 12.3 Å². The number of halogens is 3. The topological polar surface area (TPSA) is 50.9 Å². The Morgan fingerprint density at radius 2 is 2.06 bits per heavy atom. The summed E-state index contributed by atoms with van der Waals surface area (Å²) < 4.78 is 38.4. The Hall–Kier alpha value is -1.11. The molecular weight excluding hydrogens is 223 g/mol. The fourth-order valence-corrected chi connectivity index (χ4v) is 1.41. The highest BCUT2D eigenvalue weighted by Crippen LogP contribution is 2.30. The van der Waals surface area contributed by atoms with Gasteiger partial charge in [-0.1, -0.05) is 18.6 Å². The van der Waals surface area contributed by atoms with Crippen LogP contribution in [0.3, 0.4) is 0 Å². The van der Waals surface area contributed by atoms with Crippen LogP contribution in [0.15, 0.2) is 0 Å². The molecule has 16 heavy (non-hydrogen) atoms. The lowest BCUT2D eigenvalue weighted by atomic mass is 10.2. The number of hydrogen-bond donors (Lipinski definition) is 1. The minimum atomic E-state index is -4.36. The molecule has 0 aliphatic heterocycles. The van der Waals surface area contributed by atoms with Gasteiger partial charge in [-0.2, -0.15) is 13.2 Å². The van der Waals surface area contributed by atoms with Crippen LogP contribution >= 0.6 is 0 Å². The standard InChI is InChI=1S/C9H14F3N3O/c1-3-4-8-7(5-16)13-14-15(8)6(2)9(10,11)12/h6,16H,3-5H2,1-2H3. The normalized spacial score (nSPS) is 14.1. The maximum Gasteiger partial charge on any atom is 0.410 e. The molecular formula is C9H14F3N3O. The van der Waals surface area contributed by atoms with E-state index in [2.05, 4.69) is 10.3 Å². The zero-order chi connectivity index (χ0) is 12.3. The maximum absolute atomic E-state index is 12.5. The monoisotopic (exact) mass is 237 g/mol. The van der Waals surface area contributed by atoms with Gasteiger partial charge in [0.25, 0.3) is 0 Å². The van der Waals surface area contributed by atoms with E-state index in [1.54, 1.807) is 0 Å². The lowest BCUT2D eigenvalue weighted by Gasteiger charge is -2.17. The van der Waals surface area contributed by atoms with Crippen LogP contribution in [0, 0.1) is 0 Å². The molecule has 92 valence electrons. The Bertz CT molecular complexity index is 348. The number of alkyl halides is 3. The number of hydrogen-bond acceptors (Lipinski definition) is 3. The van der Waals surface area contributed by atoms with Crippen LogP contribution in [0.4, 0.5) is 13.2 Å². The second-order valence-electron chi connectivity index (χ2n) is 3.55. The van der Waals surface area contributed by atoms with Gasteiger partial charge in [-0.05, 0) is 13.3 Å². The molecule has 0 spiro atoms. The third-order valence-electron chi connectivity index (χ3n) is 2.35. The summed E-state index contributed by atoms with van der Waals surface area (Å²) in [6.07, 6.45) is -3.27. The summed E-state index contributed by atoms with van der Waals surface area (Å²) in [7, 11) is 0. The van der Waals surface area contributed by atoms with Crippen molar-refractivity contribution in [1.82, 2.24) is 15.0 Å². The van der Waals surface area contributed by atoms with Crippen LogP contribution in [0.25, 0.3) is 0 Å². The Kier molecular flexibility index (Phi) is 3.90. The summed E-state index contributed by atoms with van der Waals surface area (Å²) in [6, 6.07) is -1.72. The summed E-state index contributed by atoms with van der Waals surface area (Å²) in [5, 5.41) is 16.0. The lowest BCUT2D eigenvalue weighted by Crippen LogP contribution is -2.26. The molecule has 0 aromatic carbocycles. The SMILES string of the molecule is CCCc1c(CO)nnn1C(C)C(F)(F)F. The van der Waals surface area contributed by atoms with Gasteiger partial charge < -0.3 is 5.11 Å². The van der Waals surface area contributed by atoms with Gasteiger partial charge in [0.05, 0.1) is 12.3 Å². The van der Waals surface area contributed by atoms with Crippen molar-refractivity contribution < 1.29 is 18.3 Å². The summed E-state index contributed by atoms with van der Waals surface area (Å²) in [5.41, 5.74) is 0.577. The van der Waals surface area contributed by atoms with Gasteiger partial charge in [0, 0.05) is 0 Å². The quantitative estimate of drug-likeness (QED) is 0.869. The van der Waals surface area contributed by atoms with Crippen molar-refractivity contribution >= 4 is 0 Å². The second kappa shape index (κ2) is 4.82. The molecule has 1 rings (SSSR count). The van der Waals surface area contributed by atoms with Crippen LogP contribution in [-0.4, -0.2) is 26.3 Å². The largest absolute Gasteiger partial charge is 0.410 e. The molecule has 0 fully saturated rings. The van der Waals surface area contributed by atoms with Gasteiger partial charge in [-0.3, -0.25) is 0 Å². The van der Waals surface area contributed by atoms with E-state index in [1.807, 2.05) is 6.92 Å². The van der Waals surface area contributed by atoms with Gasteiger partial charge in [-0.25, -0.2) is 4.68 Å². The van der Waals surface area contributed by atoms with Gasteiger partial charge >= 0.3 is 6.18 Å². The predicted molar refractivity (Wildman–Crippen MR) is 50.7 cm³/mol. The van der Waals surface area contributed by atoms with Crippen LogP contribution in [0.5, 0.6) is 0 Å². The zero-order valence-electron chi connectivity index (χ0n) is 9.12. The molecule has 1 aromatic rings. The van der Waals surface area contributed by atoms with Crippen molar-refractivity contribution in [2.45, 2.75) is 45.5 Å². The molecule has 1 unspecified atom stereocenters. The van der Waals surface area contributed by atoms with Crippen LogP contribution in [0.1, 0.15) is 37.7 Å². The predicted octanol–water partition coefficient (Wildman–Crippen LogP) is 1.85. The molecule has 0 aliphatic carbocycles. The number of rotatable bonds is 4. The van der Waals surface area contributed by atoms with Crippen molar-refractivity contribution in [2.75, 3.05) is 0 Å². The fourth-order valence-electron chi connectivity index (χ4n) is 1.41. The molecule has 0 amide bonds. The molecule has 0 saturated carbocycles. The molecule has 0 aliphatic rings. The first kappa shape index (κ1) is 13.0. The average molecular weight is 237 g/mol. The Morgan fingerprint density at radius 1 is 1.44 bits per heavy atom. The first-order valence-corrected chi connectivity index (χ1v) is 5.02. The average Bonchev–Trinajstić information content (AvgIpc) is 2.59. The van der Waals surface area contributed by atoms with Gasteiger partial charge in [0.15, 0.2) is 0 Å². The van der Waals surface area contributed by atoms with E-state index in [1.165, 1.54) is 0 Å². The molecule has 0 saturated heterocycles. The summed E-state index contributed by atoms with van der Waals surface area (Å²) in [4.78, 5) is 0. The molecule has 1 N–H and O–H groups in total. The number of aliphatic hydroxyl groups is 1. The molecule has 1 aromatic heterocycles. The third-order valence-corrected chi connectivity index (χ3v) is 2.35. The maximum atomic E-state index is 12.5. The van der Waals surface area contributed by atoms with Crippen LogP contribution in [0.2, 0.25) is 0 Å². The third kappa shape index (κ3) is 2.52. The second-order valence-corrected chi connectivity index (χ2v) is 3.55. The van der Waals surface area contributed by atoms with Crippen LogP contribution < -0.4 is 0 Å². The summed E-state index contributed by atoms with van der Waals surface area (Å²) in [5.74, 6) is 0. The van der Waals surface area contributed by atoms with Crippen molar-refractivity contribution in [1.29, 1.82) is 0 Å². The Labute approximate surface area is 91.1 Å². The van der Waals surface area contributed by atoms with E-state index >= 15 is 0 Å². The van der Waals surface area contributed by atoms with E-state index in [4.69, 9.17) is 5.11 Å². The molecule has 1 heterocycles. The molecule has 1 atom stereocenters. The number of aliphatic hydroxyl groups excluding tert-OH is 1. The molecule has 4 nitrogen and oxygen atoms in total. The smallest absolute Gasteiger partial charge is 0.390 e. The van der Waals surface area contributed by atoms with Crippen LogP contribution in [-0.2, 0) is 13.0 Å². The van der Waals surface area contributed by atoms with E-state index in [0.717, 1.165) is 11.6 Å². The molecule has 7 heteroatoms. The van der Waals surface area contributed by atoms with Gasteiger partial charge in [0.2, 0.25) is 0 Å². The highest BCUT2D eigenvalue weighted by molar-refractivity contribution is 5.10. The molecule has 0 radical (unpaired) electrons. The summed E-state index contributed by atoms with van der Waals surface area (Å²) >= 11 is 0. The minimum Gasteiger partial charge on any atom is -0.390 e. The number of nitrogens with zero attached hydrogens (tertiary/aromatic N) is 3. The minimum absolute atomic E-state index is 0.220.